The van der Waals surface area contributed by atoms with Crippen molar-refractivity contribution in [3.63, 3.8) is 0 Å². The van der Waals surface area contributed by atoms with Gasteiger partial charge in [0.25, 0.3) is 0 Å². The summed E-state index contributed by atoms with van der Waals surface area (Å²) in [5, 5.41) is 0. The Labute approximate surface area is 258 Å². The standard InChI is InChI=1S/C32H43NO11/c1-5-7-12-18-38-30(35)43-27-17-16-24(21-28(27)44-31(36)39-19-13-8-6-2)20-26(33)29(34)40-22(3)23(4)41-32(37)42-25-14-10-9-11-15-25/h9-11,14-17,21-23,26H,5-8,12-13,18-20,33H2,1-4H3/t22-,23-,26-/m0/s1. The number of esters is 1. The summed E-state index contributed by atoms with van der Waals surface area (Å²) in [6.45, 7) is 7.51. The third-order valence-corrected chi connectivity index (χ3v) is 6.28. The van der Waals surface area contributed by atoms with E-state index in [-0.39, 0.29) is 31.1 Å². The summed E-state index contributed by atoms with van der Waals surface area (Å²) in [7, 11) is 0. The maximum atomic E-state index is 12.7. The predicted molar refractivity (Wildman–Crippen MR) is 160 cm³/mol. The Balaban J connectivity index is 2.00. The van der Waals surface area contributed by atoms with Gasteiger partial charge in [0.1, 0.15) is 24.0 Å². The highest BCUT2D eigenvalue weighted by Crippen LogP contribution is 2.30. The van der Waals surface area contributed by atoms with E-state index in [0.29, 0.717) is 24.2 Å². The molecule has 0 aromatic heterocycles. The van der Waals surface area contributed by atoms with Crippen LogP contribution in [0, 0.1) is 0 Å². The average Bonchev–Trinajstić information content (AvgIpc) is 2.99. The van der Waals surface area contributed by atoms with Gasteiger partial charge in [-0.25, -0.2) is 14.4 Å². The van der Waals surface area contributed by atoms with Gasteiger partial charge in [-0.15, -0.1) is 0 Å². The summed E-state index contributed by atoms with van der Waals surface area (Å²) in [6.07, 6.45) is 0.506. The molecule has 12 heteroatoms. The van der Waals surface area contributed by atoms with Crippen LogP contribution in [0.15, 0.2) is 48.5 Å². The van der Waals surface area contributed by atoms with E-state index in [2.05, 4.69) is 0 Å². The smallest absolute Gasteiger partial charge is 0.458 e. The number of carbonyl (C=O) groups excluding carboxylic acids is 4. The number of rotatable bonds is 17. The monoisotopic (exact) mass is 617 g/mol. The molecule has 0 amide bonds. The fourth-order valence-corrected chi connectivity index (χ4v) is 3.66. The van der Waals surface area contributed by atoms with Crippen molar-refractivity contribution in [3.8, 4) is 17.2 Å². The SMILES string of the molecule is CCCCCOC(=O)Oc1ccc(C[C@H](N)C(=O)O[C@@H](C)[C@H](C)OC(=O)Oc2ccccc2)cc1OC(=O)OCCCCC. The summed E-state index contributed by atoms with van der Waals surface area (Å²) in [4.78, 5) is 49.3. The Hall–Kier alpha value is -4.32. The molecule has 2 aromatic carbocycles. The molecule has 242 valence electrons. The van der Waals surface area contributed by atoms with Crippen LogP contribution in [-0.4, -0.2) is 55.9 Å². The van der Waals surface area contributed by atoms with Crippen LogP contribution in [0.5, 0.6) is 17.2 Å². The molecule has 3 atom stereocenters. The molecule has 12 nitrogen and oxygen atoms in total. The van der Waals surface area contributed by atoms with Crippen LogP contribution in [0.3, 0.4) is 0 Å². The molecule has 0 bridgehead atoms. The Morgan fingerprint density at radius 3 is 1.84 bits per heavy atom. The fourth-order valence-electron chi connectivity index (χ4n) is 3.66. The Kier molecular flexibility index (Phi) is 16.1. The number of benzene rings is 2. The Bertz CT molecular complexity index is 1190. The molecular formula is C32H43NO11. The maximum Gasteiger partial charge on any atom is 0.514 e. The molecule has 0 saturated carbocycles. The number of para-hydroxylation sites is 1. The molecule has 2 N–H and O–H groups in total. The highest BCUT2D eigenvalue weighted by atomic mass is 16.7. The van der Waals surface area contributed by atoms with Gasteiger partial charge in [-0.05, 0) is 62.9 Å². The van der Waals surface area contributed by atoms with Crippen molar-refractivity contribution in [2.45, 2.75) is 90.9 Å². The molecule has 0 spiro atoms. The summed E-state index contributed by atoms with van der Waals surface area (Å²) >= 11 is 0. The van der Waals surface area contributed by atoms with E-state index in [1.165, 1.54) is 12.1 Å². The quantitative estimate of drug-likeness (QED) is 0.0889. The molecule has 0 aliphatic heterocycles. The first-order chi connectivity index (χ1) is 21.1. The lowest BCUT2D eigenvalue weighted by atomic mass is 10.1. The lowest BCUT2D eigenvalue weighted by molar-refractivity contribution is -0.155. The van der Waals surface area contributed by atoms with E-state index < -0.39 is 42.7 Å². The summed E-state index contributed by atoms with van der Waals surface area (Å²) in [6, 6.07) is 11.6. The second-order valence-electron chi connectivity index (χ2n) is 10.0. The molecule has 0 radical (unpaired) electrons. The Morgan fingerprint density at radius 2 is 1.25 bits per heavy atom. The van der Waals surface area contributed by atoms with Crippen molar-refractivity contribution < 1.29 is 52.3 Å². The normalized spacial score (nSPS) is 12.7. The molecule has 2 aromatic rings. The van der Waals surface area contributed by atoms with Crippen molar-refractivity contribution in [3.05, 3.63) is 54.1 Å². The maximum absolute atomic E-state index is 12.7. The summed E-state index contributed by atoms with van der Waals surface area (Å²) in [5.74, 6) is -0.623. The number of ether oxygens (including phenoxy) is 7. The topological polar surface area (TPSA) is 159 Å². The van der Waals surface area contributed by atoms with Gasteiger partial charge in [0.15, 0.2) is 11.5 Å². The predicted octanol–water partition coefficient (Wildman–Crippen LogP) is 6.50. The highest BCUT2D eigenvalue weighted by molar-refractivity contribution is 5.76. The summed E-state index contributed by atoms with van der Waals surface area (Å²) in [5.41, 5.74) is 6.58. The lowest BCUT2D eigenvalue weighted by Gasteiger charge is -2.22. The summed E-state index contributed by atoms with van der Waals surface area (Å²) < 4.78 is 36.5. The van der Waals surface area contributed by atoms with Gasteiger partial charge >= 0.3 is 24.4 Å². The van der Waals surface area contributed by atoms with Gasteiger partial charge in [-0.1, -0.05) is 63.8 Å². The van der Waals surface area contributed by atoms with Gasteiger partial charge < -0.3 is 38.9 Å². The van der Waals surface area contributed by atoms with Crippen molar-refractivity contribution >= 4 is 24.4 Å². The molecule has 44 heavy (non-hydrogen) atoms. The minimum Gasteiger partial charge on any atom is -0.458 e. The number of hydrogen-bond donors (Lipinski definition) is 1. The first-order valence-corrected chi connectivity index (χ1v) is 14.8. The minimum atomic E-state index is -1.12. The molecule has 0 heterocycles. The van der Waals surface area contributed by atoms with Gasteiger partial charge in [0, 0.05) is 0 Å². The number of unbranched alkanes of at least 4 members (excludes halogenated alkanes) is 4. The van der Waals surface area contributed by atoms with Gasteiger partial charge in [-0.2, -0.15) is 0 Å². The van der Waals surface area contributed by atoms with Crippen molar-refractivity contribution in [2.75, 3.05) is 13.2 Å². The lowest BCUT2D eigenvalue weighted by Crippen LogP contribution is -2.39. The van der Waals surface area contributed by atoms with Gasteiger partial charge in [0.2, 0.25) is 0 Å². The molecule has 0 saturated heterocycles. The molecule has 0 aliphatic carbocycles. The zero-order chi connectivity index (χ0) is 32.3. The van der Waals surface area contributed by atoms with Crippen LogP contribution >= 0.6 is 0 Å². The van der Waals surface area contributed by atoms with Crippen LogP contribution in [0.4, 0.5) is 14.4 Å². The van der Waals surface area contributed by atoms with Crippen LogP contribution in [0.2, 0.25) is 0 Å². The van der Waals surface area contributed by atoms with Crippen LogP contribution in [0.1, 0.15) is 71.8 Å². The fraction of sp³-hybridized carbons (Fsp3) is 0.500. The van der Waals surface area contributed by atoms with E-state index in [1.54, 1.807) is 50.2 Å². The van der Waals surface area contributed by atoms with Crippen LogP contribution in [-0.2, 0) is 30.2 Å². The number of hydrogen-bond acceptors (Lipinski definition) is 12. The highest BCUT2D eigenvalue weighted by Gasteiger charge is 2.26. The van der Waals surface area contributed by atoms with Gasteiger partial charge in [0.05, 0.1) is 13.2 Å². The van der Waals surface area contributed by atoms with E-state index in [9.17, 15) is 19.2 Å². The molecule has 2 rings (SSSR count). The van der Waals surface area contributed by atoms with E-state index in [4.69, 9.17) is 38.9 Å². The largest absolute Gasteiger partial charge is 0.514 e. The van der Waals surface area contributed by atoms with Crippen LogP contribution in [0.25, 0.3) is 0 Å². The zero-order valence-electron chi connectivity index (χ0n) is 25.8. The first kappa shape index (κ1) is 35.9. The van der Waals surface area contributed by atoms with E-state index in [1.807, 2.05) is 13.8 Å². The van der Waals surface area contributed by atoms with E-state index >= 15 is 0 Å². The number of carbonyl (C=O) groups is 4. The third kappa shape index (κ3) is 13.8. The zero-order valence-corrected chi connectivity index (χ0v) is 25.8. The molecule has 0 unspecified atom stereocenters. The minimum absolute atomic E-state index is 0.0134. The molecular weight excluding hydrogens is 574 g/mol. The first-order valence-electron chi connectivity index (χ1n) is 14.8. The average molecular weight is 618 g/mol. The van der Waals surface area contributed by atoms with Crippen LogP contribution < -0.4 is 19.9 Å². The van der Waals surface area contributed by atoms with Gasteiger partial charge in [-0.3, -0.25) is 4.79 Å². The second-order valence-corrected chi connectivity index (χ2v) is 10.0. The Morgan fingerprint density at radius 1 is 0.682 bits per heavy atom. The van der Waals surface area contributed by atoms with Crippen molar-refractivity contribution in [2.24, 2.45) is 5.73 Å². The third-order valence-electron chi connectivity index (χ3n) is 6.28. The van der Waals surface area contributed by atoms with Crippen molar-refractivity contribution in [1.29, 1.82) is 0 Å². The second kappa shape index (κ2) is 19.8. The van der Waals surface area contributed by atoms with Crippen molar-refractivity contribution in [1.82, 2.24) is 0 Å². The van der Waals surface area contributed by atoms with E-state index in [0.717, 1.165) is 25.7 Å². The molecule has 0 fully saturated rings. The molecule has 0 aliphatic rings. The number of nitrogens with two attached hydrogens (primary N) is 1.